The topological polar surface area (TPSA) is 86.7 Å². The second-order valence-corrected chi connectivity index (χ2v) is 7.09. The Hall–Kier alpha value is -4.52. The average Bonchev–Trinajstić information content (AvgIpc) is 3.23. The lowest BCUT2D eigenvalue weighted by atomic mass is 10.2. The molecule has 3 aromatic carbocycles. The number of hydrogen-bond acceptors (Lipinski definition) is 6. The highest BCUT2D eigenvalue weighted by Crippen LogP contribution is 2.27. The Morgan fingerprint density at radius 3 is 2.62 bits per heavy atom. The van der Waals surface area contributed by atoms with Crippen LogP contribution in [0.5, 0.6) is 5.75 Å². The molecule has 0 aliphatic heterocycles. The van der Waals surface area contributed by atoms with Gasteiger partial charge in [-0.3, -0.25) is 9.59 Å². The zero-order valence-electron chi connectivity index (χ0n) is 17.1. The number of hydrogen-bond donors (Lipinski definition) is 0. The quantitative estimate of drug-likeness (QED) is 0.239. The second kappa shape index (κ2) is 7.96. The Labute approximate surface area is 182 Å². The van der Waals surface area contributed by atoms with Crippen molar-refractivity contribution in [2.75, 3.05) is 0 Å². The van der Waals surface area contributed by atoms with Crippen LogP contribution in [-0.4, -0.2) is 21.8 Å². The van der Waals surface area contributed by atoms with Crippen molar-refractivity contribution in [1.29, 1.82) is 0 Å². The number of benzene rings is 3. The molecule has 2 aromatic heterocycles. The van der Waals surface area contributed by atoms with Gasteiger partial charge in [0.1, 0.15) is 11.3 Å². The summed E-state index contributed by atoms with van der Waals surface area (Å²) < 4.78 is 12.4. The Morgan fingerprint density at radius 2 is 1.78 bits per heavy atom. The van der Waals surface area contributed by atoms with Gasteiger partial charge in [-0.15, -0.1) is 0 Å². The van der Waals surface area contributed by atoms with Crippen LogP contribution in [0.25, 0.3) is 33.5 Å². The van der Waals surface area contributed by atoms with Gasteiger partial charge in [0.05, 0.1) is 17.1 Å². The summed E-state index contributed by atoms with van der Waals surface area (Å²) in [5.74, 6) is 0.583. The number of carbonyl (C=O) groups excluding carboxylic acids is 1. The van der Waals surface area contributed by atoms with E-state index in [0.29, 0.717) is 33.6 Å². The maximum atomic E-state index is 13.3. The second-order valence-electron chi connectivity index (χ2n) is 7.09. The molecule has 5 rings (SSSR count). The Kier molecular flexibility index (Phi) is 4.84. The molecular formula is C25H17N3O4. The van der Waals surface area contributed by atoms with Gasteiger partial charge in [0.15, 0.2) is 5.76 Å². The van der Waals surface area contributed by atoms with Gasteiger partial charge in [0, 0.05) is 17.9 Å². The molecule has 7 nitrogen and oxygen atoms in total. The SMILES string of the molecule is CC(=O)Oc1ccccc1C=Nn1c(-c2cc3ccccc3o2)nc2ccccc2c1=O. The van der Waals surface area contributed by atoms with Crippen LogP contribution in [-0.2, 0) is 4.79 Å². The van der Waals surface area contributed by atoms with Gasteiger partial charge in [-0.25, -0.2) is 4.98 Å². The molecule has 0 fully saturated rings. The molecule has 0 aliphatic rings. The van der Waals surface area contributed by atoms with Gasteiger partial charge in [0.25, 0.3) is 5.56 Å². The van der Waals surface area contributed by atoms with Gasteiger partial charge in [0.2, 0.25) is 5.82 Å². The molecule has 7 heteroatoms. The van der Waals surface area contributed by atoms with E-state index in [-0.39, 0.29) is 11.4 Å². The summed E-state index contributed by atoms with van der Waals surface area (Å²) in [5.41, 5.74) is 1.42. The van der Waals surface area contributed by atoms with E-state index in [2.05, 4.69) is 10.1 Å². The number of ether oxygens (including phenoxy) is 1. The first-order valence-electron chi connectivity index (χ1n) is 9.93. The van der Waals surface area contributed by atoms with Crippen LogP contribution in [0, 0.1) is 0 Å². The Morgan fingerprint density at radius 1 is 1.03 bits per heavy atom. The number of esters is 1. The predicted octanol–water partition coefficient (Wildman–Crippen LogP) is 4.62. The zero-order chi connectivity index (χ0) is 22.1. The van der Waals surface area contributed by atoms with Crippen molar-refractivity contribution in [3.63, 3.8) is 0 Å². The third-order valence-electron chi connectivity index (χ3n) is 4.88. The fourth-order valence-corrected chi connectivity index (χ4v) is 3.44. The molecule has 0 N–H and O–H groups in total. The van der Waals surface area contributed by atoms with Crippen LogP contribution in [0.1, 0.15) is 12.5 Å². The smallest absolute Gasteiger partial charge is 0.308 e. The number of carbonyl (C=O) groups is 1. The highest BCUT2D eigenvalue weighted by Gasteiger charge is 2.16. The molecule has 5 aromatic rings. The molecule has 0 radical (unpaired) electrons. The number of furan rings is 1. The van der Waals surface area contributed by atoms with Crippen LogP contribution >= 0.6 is 0 Å². The van der Waals surface area contributed by atoms with Crippen molar-refractivity contribution in [3.05, 3.63) is 94.8 Å². The maximum Gasteiger partial charge on any atom is 0.308 e. The fraction of sp³-hybridized carbons (Fsp3) is 0.0400. The number of para-hydroxylation sites is 3. The third-order valence-corrected chi connectivity index (χ3v) is 4.88. The first-order chi connectivity index (χ1) is 15.6. The summed E-state index contributed by atoms with van der Waals surface area (Å²) in [5, 5.41) is 5.72. The molecular weight excluding hydrogens is 406 g/mol. The molecule has 0 saturated heterocycles. The largest absolute Gasteiger partial charge is 0.453 e. The monoisotopic (exact) mass is 423 g/mol. The van der Waals surface area contributed by atoms with Crippen LogP contribution in [0.3, 0.4) is 0 Å². The molecule has 0 aliphatic carbocycles. The Bertz CT molecular complexity index is 1530. The minimum Gasteiger partial charge on any atom is -0.453 e. The van der Waals surface area contributed by atoms with E-state index in [9.17, 15) is 9.59 Å². The van der Waals surface area contributed by atoms with Gasteiger partial charge in [-0.05, 0) is 36.4 Å². The minimum atomic E-state index is -0.446. The van der Waals surface area contributed by atoms with E-state index in [1.54, 1.807) is 42.5 Å². The van der Waals surface area contributed by atoms with E-state index in [0.717, 1.165) is 5.39 Å². The summed E-state index contributed by atoms with van der Waals surface area (Å²) in [6.45, 7) is 1.32. The lowest BCUT2D eigenvalue weighted by Crippen LogP contribution is -2.20. The zero-order valence-corrected chi connectivity index (χ0v) is 17.1. The fourth-order valence-electron chi connectivity index (χ4n) is 3.44. The van der Waals surface area contributed by atoms with E-state index in [1.165, 1.54) is 17.8 Å². The lowest BCUT2D eigenvalue weighted by Gasteiger charge is -2.08. The highest BCUT2D eigenvalue weighted by molar-refractivity contribution is 5.86. The molecule has 0 saturated carbocycles. The molecule has 0 bridgehead atoms. The van der Waals surface area contributed by atoms with Crippen LogP contribution < -0.4 is 10.3 Å². The molecule has 0 spiro atoms. The van der Waals surface area contributed by atoms with Gasteiger partial charge >= 0.3 is 5.97 Å². The van der Waals surface area contributed by atoms with Gasteiger partial charge < -0.3 is 9.15 Å². The molecule has 32 heavy (non-hydrogen) atoms. The third kappa shape index (κ3) is 3.56. The lowest BCUT2D eigenvalue weighted by molar-refractivity contribution is -0.131. The molecule has 0 unspecified atom stereocenters. The molecule has 156 valence electrons. The number of aromatic nitrogens is 2. The number of fused-ring (bicyclic) bond motifs is 2. The summed E-state index contributed by atoms with van der Waals surface area (Å²) in [7, 11) is 0. The predicted molar refractivity (Wildman–Crippen MR) is 122 cm³/mol. The average molecular weight is 423 g/mol. The maximum absolute atomic E-state index is 13.3. The van der Waals surface area contributed by atoms with Crippen molar-refractivity contribution in [3.8, 4) is 17.3 Å². The van der Waals surface area contributed by atoms with Crippen molar-refractivity contribution in [2.45, 2.75) is 6.92 Å². The number of nitrogens with zero attached hydrogens (tertiary/aromatic N) is 3. The highest BCUT2D eigenvalue weighted by atomic mass is 16.5. The summed E-state index contributed by atoms with van der Waals surface area (Å²) in [6.07, 6.45) is 1.46. The summed E-state index contributed by atoms with van der Waals surface area (Å²) in [6, 6.07) is 23.4. The van der Waals surface area contributed by atoms with Crippen LogP contribution in [0.15, 0.2) is 93.2 Å². The Balaban J connectivity index is 1.71. The van der Waals surface area contributed by atoms with Crippen molar-refractivity contribution < 1.29 is 13.9 Å². The van der Waals surface area contributed by atoms with Crippen molar-refractivity contribution >= 4 is 34.1 Å². The molecule has 2 heterocycles. The van der Waals surface area contributed by atoms with Crippen LogP contribution in [0.4, 0.5) is 0 Å². The van der Waals surface area contributed by atoms with E-state index < -0.39 is 5.97 Å². The van der Waals surface area contributed by atoms with E-state index in [4.69, 9.17) is 9.15 Å². The van der Waals surface area contributed by atoms with E-state index in [1.807, 2.05) is 36.4 Å². The molecule has 0 amide bonds. The first-order valence-corrected chi connectivity index (χ1v) is 9.93. The normalized spacial score (nSPS) is 11.4. The first kappa shape index (κ1) is 19.4. The van der Waals surface area contributed by atoms with Crippen molar-refractivity contribution in [2.24, 2.45) is 5.10 Å². The standard InChI is InChI=1S/C25H17N3O4/c1-16(29)31-22-13-7-3-9-18(22)15-26-28-24(23-14-17-8-2-6-12-21(17)32-23)27-20-11-5-4-10-19(20)25(28)30/h2-15H,1H3. The van der Waals surface area contributed by atoms with Gasteiger partial charge in [-0.1, -0.05) is 42.5 Å². The summed E-state index contributed by atoms with van der Waals surface area (Å²) >= 11 is 0. The number of rotatable bonds is 4. The minimum absolute atomic E-state index is 0.270. The molecule has 0 atom stereocenters. The van der Waals surface area contributed by atoms with Crippen LogP contribution in [0.2, 0.25) is 0 Å². The van der Waals surface area contributed by atoms with Gasteiger partial charge in [-0.2, -0.15) is 9.78 Å². The summed E-state index contributed by atoms with van der Waals surface area (Å²) in [4.78, 5) is 29.4. The van der Waals surface area contributed by atoms with E-state index >= 15 is 0 Å². The van der Waals surface area contributed by atoms with Crippen molar-refractivity contribution in [1.82, 2.24) is 9.66 Å².